The Labute approximate surface area is 156 Å². The Morgan fingerprint density at radius 2 is 1.54 bits per heavy atom. The number of rotatable bonds is 4. The SMILES string of the molecule is CC(C)[Si](C(C)C)(C(C)C)n1ccc2c(I)c(C(F)(F)F)cnc21. The molecule has 0 saturated carbocycles. The van der Waals surface area contributed by atoms with Crippen molar-refractivity contribution in [1.82, 2.24) is 9.22 Å². The fourth-order valence-corrected chi connectivity index (χ4v) is 11.8. The molecule has 0 aliphatic rings. The topological polar surface area (TPSA) is 17.8 Å². The van der Waals surface area contributed by atoms with Crippen LogP contribution in [0.15, 0.2) is 18.5 Å². The van der Waals surface area contributed by atoms with E-state index in [4.69, 9.17) is 0 Å². The van der Waals surface area contributed by atoms with Gasteiger partial charge in [0.05, 0.1) is 5.56 Å². The van der Waals surface area contributed by atoms with Crippen LogP contribution in [0, 0.1) is 3.57 Å². The number of alkyl halides is 3. The number of nitrogens with zero attached hydrogens (tertiary/aromatic N) is 2. The summed E-state index contributed by atoms with van der Waals surface area (Å²) in [6, 6.07) is 1.80. The molecular weight excluding hydrogens is 444 g/mol. The van der Waals surface area contributed by atoms with E-state index in [0.29, 0.717) is 27.7 Å². The molecule has 0 radical (unpaired) electrons. The highest BCUT2D eigenvalue weighted by Crippen LogP contribution is 2.45. The molecule has 0 fully saturated rings. The fraction of sp³-hybridized carbons (Fsp3) is 0.588. The molecule has 0 N–H and O–H groups in total. The molecule has 2 heterocycles. The predicted molar refractivity (Wildman–Crippen MR) is 104 cm³/mol. The maximum Gasteiger partial charge on any atom is 0.418 e. The van der Waals surface area contributed by atoms with Gasteiger partial charge >= 0.3 is 6.18 Å². The predicted octanol–water partition coefficient (Wildman–Crippen LogP) is 6.68. The second-order valence-corrected chi connectivity index (χ2v) is 14.1. The Kier molecular flexibility index (Phi) is 5.45. The maximum absolute atomic E-state index is 13.2. The molecule has 0 spiro atoms. The number of hydrogen-bond acceptors (Lipinski definition) is 1. The molecule has 2 rings (SSSR count). The van der Waals surface area contributed by atoms with Gasteiger partial charge in [-0.25, -0.2) is 4.98 Å². The van der Waals surface area contributed by atoms with Gasteiger partial charge in [0.15, 0.2) is 8.24 Å². The van der Waals surface area contributed by atoms with Crippen LogP contribution in [0.2, 0.25) is 16.6 Å². The minimum absolute atomic E-state index is 0.239. The summed E-state index contributed by atoms with van der Waals surface area (Å²) in [6.07, 6.45) is -1.42. The number of pyridine rings is 1. The van der Waals surface area contributed by atoms with Gasteiger partial charge in [0.2, 0.25) is 0 Å². The lowest BCUT2D eigenvalue weighted by atomic mass is 10.2. The number of halogens is 4. The Balaban J connectivity index is 2.81. The third-order valence-electron chi connectivity index (χ3n) is 5.15. The zero-order valence-electron chi connectivity index (χ0n) is 14.9. The van der Waals surface area contributed by atoms with E-state index >= 15 is 0 Å². The second kappa shape index (κ2) is 6.62. The average molecular weight is 468 g/mol. The van der Waals surface area contributed by atoms with E-state index in [1.54, 1.807) is 28.7 Å². The molecule has 0 amide bonds. The van der Waals surface area contributed by atoms with E-state index in [1.165, 1.54) is 0 Å². The van der Waals surface area contributed by atoms with Gasteiger partial charge in [0.1, 0.15) is 5.65 Å². The van der Waals surface area contributed by atoms with Crippen LogP contribution in [0.3, 0.4) is 0 Å². The van der Waals surface area contributed by atoms with Crippen LogP contribution in [0.4, 0.5) is 13.2 Å². The summed E-state index contributed by atoms with van der Waals surface area (Å²) in [5.74, 6) is 0. The summed E-state index contributed by atoms with van der Waals surface area (Å²) in [5.41, 5.74) is 1.40. The Hall–Kier alpha value is -0.573. The summed E-state index contributed by atoms with van der Waals surface area (Å²) < 4.78 is 42.0. The second-order valence-electron chi connectivity index (χ2n) is 7.26. The van der Waals surface area contributed by atoms with Gasteiger partial charge in [-0.3, -0.25) is 0 Å². The summed E-state index contributed by atoms with van der Waals surface area (Å²) in [6.45, 7) is 13.4. The molecule has 2 aromatic heterocycles. The quantitative estimate of drug-likeness (QED) is 0.362. The first-order valence-corrected chi connectivity index (χ1v) is 11.4. The third-order valence-corrected chi connectivity index (χ3v) is 13.1. The zero-order valence-corrected chi connectivity index (χ0v) is 18.0. The highest BCUT2D eigenvalue weighted by Gasteiger charge is 2.46. The molecule has 0 aromatic carbocycles. The Morgan fingerprint density at radius 1 is 1.04 bits per heavy atom. The smallest absolute Gasteiger partial charge is 0.359 e. The van der Waals surface area contributed by atoms with E-state index in [1.807, 2.05) is 6.20 Å². The highest BCUT2D eigenvalue weighted by atomic mass is 127. The monoisotopic (exact) mass is 468 g/mol. The van der Waals surface area contributed by atoms with Gasteiger partial charge in [-0.05, 0) is 51.5 Å². The lowest BCUT2D eigenvalue weighted by Crippen LogP contribution is -2.51. The summed E-state index contributed by atoms with van der Waals surface area (Å²) >= 11 is 1.80. The molecule has 0 bridgehead atoms. The van der Waals surface area contributed by atoms with Crippen molar-refractivity contribution in [1.29, 1.82) is 0 Å². The average Bonchev–Trinajstić information content (AvgIpc) is 2.82. The van der Waals surface area contributed by atoms with E-state index < -0.39 is 20.0 Å². The summed E-state index contributed by atoms with van der Waals surface area (Å²) in [4.78, 5) is 4.25. The lowest BCUT2D eigenvalue weighted by Gasteiger charge is -2.44. The minimum Gasteiger partial charge on any atom is -0.359 e. The molecule has 2 aromatic rings. The standard InChI is InChI=1S/C17H24F3IN2Si/c1-10(2)24(11(3)4,12(5)6)23-8-7-13-15(21)14(17(18,19)20)9-22-16(13)23/h7-12H,1-6H3. The molecule has 0 atom stereocenters. The van der Waals surface area contributed by atoms with Crippen molar-refractivity contribution in [3.8, 4) is 0 Å². The number of aromatic nitrogens is 2. The van der Waals surface area contributed by atoms with Gasteiger partial charge in [0.25, 0.3) is 0 Å². The van der Waals surface area contributed by atoms with E-state index in [2.05, 4.69) is 50.8 Å². The van der Waals surface area contributed by atoms with Crippen LogP contribution in [-0.2, 0) is 6.18 Å². The van der Waals surface area contributed by atoms with E-state index in [0.717, 1.165) is 6.20 Å². The van der Waals surface area contributed by atoms with Gasteiger partial charge in [-0.15, -0.1) is 0 Å². The van der Waals surface area contributed by atoms with Crippen LogP contribution >= 0.6 is 22.6 Å². The number of hydrogen-bond donors (Lipinski definition) is 0. The molecule has 134 valence electrons. The van der Waals surface area contributed by atoms with Crippen LogP contribution < -0.4 is 0 Å². The van der Waals surface area contributed by atoms with Crippen LogP contribution in [0.25, 0.3) is 11.0 Å². The molecule has 0 unspecified atom stereocenters. The largest absolute Gasteiger partial charge is 0.418 e. The normalized spacial score (nSPS) is 13.7. The van der Waals surface area contributed by atoms with Crippen molar-refractivity contribution in [2.24, 2.45) is 0 Å². The van der Waals surface area contributed by atoms with E-state index in [-0.39, 0.29) is 3.57 Å². The van der Waals surface area contributed by atoms with Gasteiger partial charge in [-0.1, -0.05) is 41.5 Å². The van der Waals surface area contributed by atoms with Crippen molar-refractivity contribution in [2.45, 2.75) is 64.3 Å². The molecule has 7 heteroatoms. The molecule has 0 aliphatic heterocycles. The van der Waals surface area contributed by atoms with Crippen molar-refractivity contribution < 1.29 is 13.2 Å². The molecule has 24 heavy (non-hydrogen) atoms. The first-order chi connectivity index (χ1) is 11.0. The first kappa shape index (κ1) is 19.7. The summed E-state index contributed by atoms with van der Waals surface area (Å²) in [7, 11) is -2.03. The maximum atomic E-state index is 13.2. The molecule has 0 saturated heterocycles. The van der Waals surface area contributed by atoms with Crippen LogP contribution in [-0.4, -0.2) is 17.5 Å². The van der Waals surface area contributed by atoms with Crippen molar-refractivity contribution >= 4 is 41.9 Å². The molecule has 2 nitrogen and oxygen atoms in total. The third kappa shape index (κ3) is 2.91. The van der Waals surface area contributed by atoms with Gasteiger partial charge in [-0.2, -0.15) is 13.2 Å². The lowest BCUT2D eigenvalue weighted by molar-refractivity contribution is -0.138. The van der Waals surface area contributed by atoms with Crippen molar-refractivity contribution in [3.05, 3.63) is 27.6 Å². The first-order valence-electron chi connectivity index (χ1n) is 8.18. The van der Waals surface area contributed by atoms with E-state index in [9.17, 15) is 13.2 Å². The van der Waals surface area contributed by atoms with Gasteiger partial charge in [0, 0.05) is 15.2 Å². The Bertz CT molecular complexity index is 713. The molecular formula is C17H24F3IN2Si. The van der Waals surface area contributed by atoms with Crippen LogP contribution in [0.1, 0.15) is 47.1 Å². The van der Waals surface area contributed by atoms with Crippen molar-refractivity contribution in [2.75, 3.05) is 0 Å². The van der Waals surface area contributed by atoms with Crippen molar-refractivity contribution in [3.63, 3.8) is 0 Å². The summed E-state index contributed by atoms with van der Waals surface area (Å²) in [5, 5.41) is 0.601. The number of fused-ring (bicyclic) bond motifs is 1. The zero-order chi connectivity index (χ0) is 18.4. The molecule has 0 aliphatic carbocycles. The minimum atomic E-state index is -4.37. The van der Waals surface area contributed by atoms with Crippen LogP contribution in [0.5, 0.6) is 0 Å². The highest BCUT2D eigenvalue weighted by molar-refractivity contribution is 14.1. The van der Waals surface area contributed by atoms with Gasteiger partial charge < -0.3 is 4.23 Å². The fourth-order valence-electron chi connectivity index (χ4n) is 4.40. The Morgan fingerprint density at radius 3 is 1.96 bits per heavy atom.